The highest BCUT2D eigenvalue weighted by molar-refractivity contribution is 7.18. The van der Waals surface area contributed by atoms with Gasteiger partial charge in [0.05, 0.1) is 0 Å². The van der Waals surface area contributed by atoms with E-state index in [1.54, 1.807) is 18.2 Å². The smallest absolute Gasteiger partial charge is 0.252 e. The number of carbonyl (C=O) groups is 2. The van der Waals surface area contributed by atoms with E-state index in [9.17, 15) is 9.59 Å². The minimum atomic E-state index is -0.730. The van der Waals surface area contributed by atoms with Crippen molar-refractivity contribution >= 4 is 28.3 Å². The Bertz CT molecular complexity index is 1090. The third-order valence-corrected chi connectivity index (χ3v) is 5.98. The van der Waals surface area contributed by atoms with E-state index in [4.69, 9.17) is 9.47 Å². The Morgan fingerprint density at radius 3 is 2.65 bits per heavy atom. The van der Waals surface area contributed by atoms with Crippen LogP contribution in [0, 0.1) is 5.92 Å². The molecule has 1 aliphatic heterocycles. The summed E-state index contributed by atoms with van der Waals surface area (Å²) < 4.78 is 10.6. The van der Waals surface area contributed by atoms with Crippen LogP contribution in [0.25, 0.3) is 10.6 Å². The summed E-state index contributed by atoms with van der Waals surface area (Å²) in [6.45, 7) is 4.01. The van der Waals surface area contributed by atoms with E-state index in [1.165, 1.54) is 11.3 Å². The van der Waals surface area contributed by atoms with Gasteiger partial charge in [0.2, 0.25) is 17.8 Å². The molecule has 8 nitrogen and oxygen atoms in total. The van der Waals surface area contributed by atoms with E-state index < -0.39 is 6.04 Å². The van der Waals surface area contributed by atoms with Crippen LogP contribution < -0.4 is 20.1 Å². The van der Waals surface area contributed by atoms with E-state index >= 15 is 0 Å². The summed E-state index contributed by atoms with van der Waals surface area (Å²) in [7, 11) is 0. The molecule has 2 atom stereocenters. The fourth-order valence-corrected chi connectivity index (χ4v) is 3.87. The van der Waals surface area contributed by atoms with Crippen LogP contribution in [0.15, 0.2) is 48.5 Å². The van der Waals surface area contributed by atoms with Crippen LogP contribution in [0.5, 0.6) is 11.5 Å². The Morgan fingerprint density at radius 1 is 1.10 bits per heavy atom. The number of fused-ring (bicyclic) bond motifs is 1. The Balaban J connectivity index is 1.47. The summed E-state index contributed by atoms with van der Waals surface area (Å²) in [4.78, 5) is 25.8. The number of benzene rings is 2. The molecule has 2 amide bonds. The molecule has 2 aromatic carbocycles. The highest BCUT2D eigenvalue weighted by Crippen LogP contribution is 2.32. The molecule has 0 spiro atoms. The lowest BCUT2D eigenvalue weighted by Gasteiger charge is -2.23. The van der Waals surface area contributed by atoms with Gasteiger partial charge in [-0.05, 0) is 24.1 Å². The lowest BCUT2D eigenvalue weighted by Crippen LogP contribution is -2.47. The molecule has 2 unspecified atom stereocenters. The summed E-state index contributed by atoms with van der Waals surface area (Å²) >= 11 is 1.28. The molecule has 0 saturated heterocycles. The van der Waals surface area contributed by atoms with Crippen LogP contribution in [-0.2, 0) is 4.79 Å². The number of amides is 2. The highest BCUT2D eigenvalue weighted by Gasteiger charge is 2.28. The fourth-order valence-electron chi connectivity index (χ4n) is 3.12. The van der Waals surface area contributed by atoms with Crippen molar-refractivity contribution in [2.75, 3.05) is 12.1 Å². The Morgan fingerprint density at radius 2 is 1.87 bits per heavy atom. The second-order valence-electron chi connectivity index (χ2n) is 7.17. The van der Waals surface area contributed by atoms with Crippen molar-refractivity contribution in [3.8, 4) is 22.1 Å². The Kier molecular flexibility index (Phi) is 6.13. The maximum Gasteiger partial charge on any atom is 0.252 e. The standard InChI is InChI=1S/C22H22N4O4S/c1-3-13(2)18(23-19(27)15-9-10-16-17(11-15)30-12-29-16)20(28)24-22-26-25-21(31-22)14-7-5-4-6-8-14/h4-11,13,18H,3,12H2,1-2H3,(H,23,27)(H,24,26,28). The number of nitrogens with zero attached hydrogens (tertiary/aromatic N) is 2. The van der Waals surface area contributed by atoms with Gasteiger partial charge in [0.25, 0.3) is 5.91 Å². The van der Waals surface area contributed by atoms with Crippen molar-refractivity contribution in [2.24, 2.45) is 5.92 Å². The molecule has 3 aromatic rings. The summed E-state index contributed by atoms with van der Waals surface area (Å²) in [5, 5.41) is 14.9. The quantitative estimate of drug-likeness (QED) is 0.583. The van der Waals surface area contributed by atoms with Gasteiger partial charge in [-0.2, -0.15) is 0 Å². The molecule has 2 N–H and O–H groups in total. The van der Waals surface area contributed by atoms with Gasteiger partial charge in [-0.1, -0.05) is 61.9 Å². The third kappa shape index (κ3) is 4.66. The maximum absolute atomic E-state index is 13.0. The summed E-state index contributed by atoms with van der Waals surface area (Å²) in [6, 6.07) is 13.8. The predicted molar refractivity (Wildman–Crippen MR) is 117 cm³/mol. The zero-order valence-electron chi connectivity index (χ0n) is 17.1. The molecule has 160 valence electrons. The summed E-state index contributed by atoms with van der Waals surface area (Å²) in [5.74, 6) is 0.331. The number of rotatable bonds is 7. The van der Waals surface area contributed by atoms with Crippen LogP contribution in [0.1, 0.15) is 30.6 Å². The van der Waals surface area contributed by atoms with E-state index in [2.05, 4.69) is 20.8 Å². The lowest BCUT2D eigenvalue weighted by atomic mass is 9.98. The SMILES string of the molecule is CCC(C)C(NC(=O)c1ccc2c(c1)OCO2)C(=O)Nc1nnc(-c2ccccc2)s1. The van der Waals surface area contributed by atoms with E-state index in [-0.39, 0.29) is 24.5 Å². The second kappa shape index (κ2) is 9.13. The molecular formula is C22H22N4O4S. The maximum atomic E-state index is 13.0. The Labute approximate surface area is 183 Å². The van der Waals surface area contributed by atoms with Crippen LogP contribution in [0.3, 0.4) is 0 Å². The molecule has 1 aliphatic rings. The van der Waals surface area contributed by atoms with Gasteiger partial charge in [-0.15, -0.1) is 10.2 Å². The zero-order chi connectivity index (χ0) is 21.8. The number of aromatic nitrogens is 2. The first kappa shape index (κ1) is 20.8. The Hall–Kier alpha value is -3.46. The van der Waals surface area contributed by atoms with E-state index in [0.717, 1.165) is 5.56 Å². The van der Waals surface area contributed by atoms with Gasteiger partial charge >= 0.3 is 0 Å². The van der Waals surface area contributed by atoms with E-state index in [1.807, 2.05) is 44.2 Å². The average molecular weight is 439 g/mol. The van der Waals surface area contributed by atoms with Gasteiger partial charge in [0.15, 0.2) is 11.5 Å². The number of hydrogen-bond acceptors (Lipinski definition) is 7. The first-order valence-electron chi connectivity index (χ1n) is 9.95. The number of hydrogen-bond donors (Lipinski definition) is 2. The topological polar surface area (TPSA) is 102 Å². The van der Waals surface area contributed by atoms with Gasteiger partial charge in [0, 0.05) is 11.1 Å². The monoisotopic (exact) mass is 438 g/mol. The molecule has 4 rings (SSSR count). The minimum absolute atomic E-state index is 0.0838. The van der Waals surface area contributed by atoms with Crippen molar-refractivity contribution in [2.45, 2.75) is 26.3 Å². The van der Waals surface area contributed by atoms with Gasteiger partial charge in [-0.25, -0.2) is 0 Å². The van der Waals surface area contributed by atoms with Crippen LogP contribution >= 0.6 is 11.3 Å². The largest absolute Gasteiger partial charge is 0.454 e. The zero-order valence-corrected chi connectivity index (χ0v) is 17.9. The highest BCUT2D eigenvalue weighted by atomic mass is 32.1. The molecule has 0 bridgehead atoms. The van der Waals surface area contributed by atoms with Gasteiger partial charge in [-0.3, -0.25) is 14.9 Å². The van der Waals surface area contributed by atoms with Crippen molar-refractivity contribution in [3.05, 3.63) is 54.1 Å². The summed E-state index contributed by atoms with van der Waals surface area (Å²) in [5.41, 5.74) is 1.32. The molecule has 2 heterocycles. The van der Waals surface area contributed by atoms with E-state index in [0.29, 0.717) is 33.6 Å². The molecule has 0 fully saturated rings. The fraction of sp³-hybridized carbons (Fsp3) is 0.273. The number of ether oxygens (including phenoxy) is 2. The minimum Gasteiger partial charge on any atom is -0.454 e. The van der Waals surface area contributed by atoms with Crippen molar-refractivity contribution in [3.63, 3.8) is 0 Å². The van der Waals surface area contributed by atoms with Crippen molar-refractivity contribution in [1.82, 2.24) is 15.5 Å². The van der Waals surface area contributed by atoms with Gasteiger partial charge in [0.1, 0.15) is 11.0 Å². The first-order chi connectivity index (χ1) is 15.0. The van der Waals surface area contributed by atoms with Crippen LogP contribution in [0.4, 0.5) is 5.13 Å². The lowest BCUT2D eigenvalue weighted by molar-refractivity contribution is -0.119. The van der Waals surface area contributed by atoms with Crippen LogP contribution in [-0.4, -0.2) is 34.8 Å². The van der Waals surface area contributed by atoms with Crippen LogP contribution in [0.2, 0.25) is 0 Å². The predicted octanol–water partition coefficient (Wildman–Crippen LogP) is 3.72. The number of nitrogens with one attached hydrogen (secondary N) is 2. The molecule has 0 radical (unpaired) electrons. The summed E-state index contributed by atoms with van der Waals surface area (Å²) in [6.07, 6.45) is 0.713. The molecule has 31 heavy (non-hydrogen) atoms. The average Bonchev–Trinajstić information content (AvgIpc) is 3.46. The first-order valence-corrected chi connectivity index (χ1v) is 10.8. The normalized spacial score (nSPS) is 14.0. The second-order valence-corrected chi connectivity index (χ2v) is 8.15. The molecule has 0 saturated carbocycles. The molecule has 9 heteroatoms. The number of anilines is 1. The van der Waals surface area contributed by atoms with Crippen molar-refractivity contribution < 1.29 is 19.1 Å². The molecule has 0 aliphatic carbocycles. The van der Waals surface area contributed by atoms with Gasteiger partial charge < -0.3 is 14.8 Å². The third-order valence-electron chi connectivity index (χ3n) is 5.09. The molecular weight excluding hydrogens is 416 g/mol. The molecule has 1 aromatic heterocycles. The number of carbonyl (C=O) groups excluding carboxylic acids is 2. The van der Waals surface area contributed by atoms with Crippen molar-refractivity contribution in [1.29, 1.82) is 0 Å².